The molecule has 1 aromatic carbocycles. The van der Waals surface area contributed by atoms with E-state index in [-0.39, 0.29) is 18.3 Å². The Balaban J connectivity index is 1.53. The zero-order valence-corrected chi connectivity index (χ0v) is 17.3. The van der Waals surface area contributed by atoms with Crippen molar-refractivity contribution in [1.29, 1.82) is 0 Å². The second-order valence-corrected chi connectivity index (χ2v) is 8.42. The van der Waals surface area contributed by atoms with E-state index in [1.165, 1.54) is 12.3 Å². The number of urea groups is 1. The Kier molecular flexibility index (Phi) is 4.81. The molecule has 3 amide bonds. The number of furan rings is 1. The molecule has 1 saturated carbocycles. The van der Waals surface area contributed by atoms with E-state index in [1.54, 1.807) is 12.1 Å². The van der Waals surface area contributed by atoms with Crippen LogP contribution in [-0.2, 0) is 12.1 Å². The fourth-order valence-electron chi connectivity index (χ4n) is 4.60. The number of nitrogens with zero attached hydrogens (tertiary/aromatic N) is 1. The van der Waals surface area contributed by atoms with E-state index in [1.807, 2.05) is 0 Å². The Morgan fingerprint density at radius 3 is 2.87 bits per heavy atom. The minimum absolute atomic E-state index is 0.00461. The third-order valence-corrected chi connectivity index (χ3v) is 6.35. The van der Waals surface area contributed by atoms with E-state index in [4.69, 9.17) is 16.0 Å². The van der Waals surface area contributed by atoms with E-state index in [0.717, 1.165) is 43.9 Å². The van der Waals surface area contributed by atoms with Crippen LogP contribution < -0.4 is 16.0 Å². The molecule has 1 aliphatic heterocycles. The number of hydrogen-bond acceptors (Lipinski definition) is 4. The SMILES string of the molecule is O=C1Nc2c(Cl)cc3cc(C(=O)NCc4ccncc4F)oc3c2C2(CCCCC2)N1. The van der Waals surface area contributed by atoms with Crippen LogP contribution in [-0.4, -0.2) is 16.9 Å². The molecule has 2 aliphatic rings. The van der Waals surface area contributed by atoms with Crippen LogP contribution in [0.25, 0.3) is 11.0 Å². The summed E-state index contributed by atoms with van der Waals surface area (Å²) in [5.41, 5.74) is 1.58. The molecular formula is C22H20ClFN4O3. The second kappa shape index (κ2) is 7.53. The van der Waals surface area contributed by atoms with Gasteiger partial charge in [0.05, 0.1) is 22.4 Å². The first kappa shape index (κ1) is 19.8. The van der Waals surface area contributed by atoms with Crippen LogP contribution in [0.15, 0.2) is 35.0 Å². The van der Waals surface area contributed by atoms with Crippen LogP contribution in [0.1, 0.15) is 53.8 Å². The number of anilines is 1. The van der Waals surface area contributed by atoms with Gasteiger partial charge in [0.2, 0.25) is 0 Å². The van der Waals surface area contributed by atoms with Gasteiger partial charge in [0.1, 0.15) is 11.4 Å². The third kappa shape index (κ3) is 3.40. The van der Waals surface area contributed by atoms with Gasteiger partial charge in [-0.25, -0.2) is 9.18 Å². The molecule has 0 saturated heterocycles. The first-order chi connectivity index (χ1) is 15.0. The average molecular weight is 443 g/mol. The van der Waals surface area contributed by atoms with Gasteiger partial charge in [0.25, 0.3) is 5.91 Å². The number of fused-ring (bicyclic) bond motifs is 4. The summed E-state index contributed by atoms with van der Waals surface area (Å²) in [5.74, 6) is -0.867. The molecule has 1 fully saturated rings. The van der Waals surface area contributed by atoms with E-state index in [9.17, 15) is 14.0 Å². The van der Waals surface area contributed by atoms with Gasteiger partial charge in [0, 0.05) is 29.3 Å². The summed E-state index contributed by atoms with van der Waals surface area (Å²) >= 11 is 6.50. The van der Waals surface area contributed by atoms with Gasteiger partial charge < -0.3 is 20.4 Å². The van der Waals surface area contributed by atoms with Crippen molar-refractivity contribution in [3.8, 4) is 0 Å². The lowest BCUT2D eigenvalue weighted by atomic mass is 9.74. The molecule has 2 aromatic heterocycles. The van der Waals surface area contributed by atoms with Crippen LogP contribution in [0.2, 0.25) is 5.02 Å². The number of hydrogen-bond donors (Lipinski definition) is 3. The van der Waals surface area contributed by atoms with Gasteiger partial charge >= 0.3 is 6.03 Å². The van der Waals surface area contributed by atoms with Crippen molar-refractivity contribution in [2.24, 2.45) is 0 Å². The van der Waals surface area contributed by atoms with E-state index in [2.05, 4.69) is 20.9 Å². The minimum Gasteiger partial charge on any atom is -0.450 e. The maximum atomic E-state index is 13.8. The van der Waals surface area contributed by atoms with E-state index in [0.29, 0.717) is 27.2 Å². The van der Waals surface area contributed by atoms with Crippen LogP contribution in [0.4, 0.5) is 14.9 Å². The summed E-state index contributed by atoms with van der Waals surface area (Å²) in [6, 6.07) is 4.51. The van der Waals surface area contributed by atoms with E-state index < -0.39 is 17.3 Å². The van der Waals surface area contributed by atoms with Gasteiger partial charge in [0.15, 0.2) is 5.76 Å². The highest BCUT2D eigenvalue weighted by Crippen LogP contribution is 2.48. The average Bonchev–Trinajstić information content (AvgIpc) is 3.17. The fourth-order valence-corrected chi connectivity index (χ4v) is 4.86. The molecule has 1 aliphatic carbocycles. The highest BCUT2D eigenvalue weighted by atomic mass is 35.5. The standard InChI is InChI=1S/C22H20ClFN4O3/c23-14-8-13-9-16(20(29)26-10-12-4-7-25-11-15(12)24)31-19(13)17-18(14)27-21(30)28-22(17)5-2-1-3-6-22/h4,7-9,11H,1-3,5-6,10H2,(H,26,29)(H2,27,28,30). The number of carbonyl (C=O) groups is 2. The lowest BCUT2D eigenvalue weighted by Crippen LogP contribution is -2.52. The van der Waals surface area contributed by atoms with Gasteiger partial charge in [-0.3, -0.25) is 9.78 Å². The van der Waals surface area contributed by atoms with Crippen molar-refractivity contribution < 1.29 is 18.4 Å². The van der Waals surface area contributed by atoms with Crippen LogP contribution in [0, 0.1) is 5.82 Å². The summed E-state index contributed by atoms with van der Waals surface area (Å²) < 4.78 is 19.8. The highest BCUT2D eigenvalue weighted by molar-refractivity contribution is 6.35. The van der Waals surface area contributed by atoms with Crippen molar-refractivity contribution in [2.45, 2.75) is 44.2 Å². The minimum atomic E-state index is -0.579. The summed E-state index contributed by atoms with van der Waals surface area (Å²) in [5, 5.41) is 9.62. The first-order valence-corrected chi connectivity index (χ1v) is 10.6. The maximum Gasteiger partial charge on any atom is 0.319 e. The molecular weight excluding hydrogens is 423 g/mol. The summed E-state index contributed by atoms with van der Waals surface area (Å²) in [4.78, 5) is 28.7. The number of nitrogens with one attached hydrogen (secondary N) is 3. The molecule has 160 valence electrons. The quantitative estimate of drug-likeness (QED) is 0.540. The Morgan fingerprint density at radius 2 is 2.10 bits per heavy atom. The van der Waals surface area contributed by atoms with Gasteiger partial charge in [-0.2, -0.15) is 0 Å². The molecule has 3 N–H and O–H groups in total. The number of pyridine rings is 1. The zero-order valence-electron chi connectivity index (χ0n) is 16.6. The molecule has 5 rings (SSSR count). The first-order valence-electron chi connectivity index (χ1n) is 10.2. The van der Waals surface area contributed by atoms with Crippen LogP contribution in [0.3, 0.4) is 0 Å². The van der Waals surface area contributed by atoms with Gasteiger partial charge in [-0.05, 0) is 31.0 Å². The Hall–Kier alpha value is -3.13. The monoisotopic (exact) mass is 442 g/mol. The number of rotatable bonds is 3. The lowest BCUT2D eigenvalue weighted by Gasteiger charge is -2.42. The number of benzene rings is 1. The normalized spacial score (nSPS) is 17.2. The largest absolute Gasteiger partial charge is 0.450 e. The molecule has 0 bridgehead atoms. The smallest absolute Gasteiger partial charge is 0.319 e. The topological polar surface area (TPSA) is 96.3 Å². The molecule has 9 heteroatoms. The predicted octanol–water partition coefficient (Wildman–Crippen LogP) is 4.84. The van der Waals surface area contributed by atoms with Gasteiger partial charge in [-0.1, -0.05) is 30.9 Å². The number of halogens is 2. The number of aromatic nitrogens is 1. The van der Waals surface area contributed by atoms with E-state index >= 15 is 0 Å². The van der Waals surface area contributed by atoms with Crippen molar-refractivity contribution in [3.05, 3.63) is 58.3 Å². The molecule has 0 radical (unpaired) electrons. The molecule has 3 heterocycles. The Morgan fingerprint density at radius 1 is 1.29 bits per heavy atom. The molecule has 7 nitrogen and oxygen atoms in total. The molecule has 0 unspecified atom stereocenters. The number of carbonyl (C=O) groups excluding carboxylic acids is 2. The van der Waals surface area contributed by atoms with Crippen LogP contribution in [0.5, 0.6) is 0 Å². The summed E-state index contributed by atoms with van der Waals surface area (Å²) in [7, 11) is 0. The highest BCUT2D eigenvalue weighted by Gasteiger charge is 2.43. The molecule has 0 atom stereocenters. The van der Waals surface area contributed by atoms with Crippen molar-refractivity contribution in [2.75, 3.05) is 5.32 Å². The molecule has 1 spiro atoms. The van der Waals surface area contributed by atoms with Crippen molar-refractivity contribution >= 4 is 40.2 Å². The number of amides is 3. The summed E-state index contributed by atoms with van der Waals surface area (Å²) in [6.07, 6.45) is 7.14. The third-order valence-electron chi connectivity index (χ3n) is 6.06. The molecule has 3 aromatic rings. The summed E-state index contributed by atoms with van der Waals surface area (Å²) in [6.45, 7) is 0.00461. The lowest BCUT2D eigenvalue weighted by molar-refractivity contribution is 0.0924. The van der Waals surface area contributed by atoms with Crippen molar-refractivity contribution in [1.82, 2.24) is 15.6 Å². The zero-order chi connectivity index (χ0) is 21.6. The molecule has 31 heavy (non-hydrogen) atoms. The fraction of sp³-hybridized carbons (Fsp3) is 0.318. The van der Waals surface area contributed by atoms with Crippen LogP contribution >= 0.6 is 11.6 Å². The maximum absolute atomic E-state index is 13.8. The Bertz CT molecular complexity index is 1200. The van der Waals surface area contributed by atoms with Crippen molar-refractivity contribution in [3.63, 3.8) is 0 Å². The predicted molar refractivity (Wildman–Crippen MR) is 114 cm³/mol. The van der Waals surface area contributed by atoms with Gasteiger partial charge in [-0.15, -0.1) is 0 Å². The Labute approximate surface area is 182 Å². The second-order valence-electron chi connectivity index (χ2n) is 8.01.